The minimum Gasteiger partial charge on any atom is -0.493 e. The summed E-state index contributed by atoms with van der Waals surface area (Å²) in [7, 11) is 9.09. The highest BCUT2D eigenvalue weighted by Gasteiger charge is 2.46. The SMILES string of the molecule is C=C1C[C@H]2CN(C(=O)CCOCCNC(=O)CCN(CCC(=O)NCCOCCC(=O)NC(C)C(=O)CCCCC(=O)N(C)[C@H](C(=O)C[C@H](C(=O)N(C)[C@@H]([C@@H](C)CC)[C@@H](CC(=O)N3CCC[C@H]3[C@H](OC)[C@@H](C)C(=O)C[C@@H](Cc3ccccc3)C(=O)OC)OC)C(C)C)C(C)C)C(=O)CCCNC(=O)/C=C/SC)c3cc(OCCCCCOc4cc5c(cc4C)C(=O)N4CC(=C)C[C@H]4C=N5)c(OC)cc3C(=O)N2C1. The molecule has 3 aromatic rings. The lowest BCUT2D eigenvalue weighted by molar-refractivity contribution is -0.150. The Morgan fingerprint density at radius 2 is 1.26 bits per heavy atom. The van der Waals surface area contributed by atoms with Crippen LogP contribution in [-0.4, -0.2) is 320 Å². The molecule has 8 rings (SSSR count). The van der Waals surface area contributed by atoms with Gasteiger partial charge in [0.15, 0.2) is 23.1 Å². The van der Waals surface area contributed by atoms with Crippen molar-refractivity contribution < 1.29 is 110 Å². The van der Waals surface area contributed by atoms with E-state index in [2.05, 4.69) is 39.4 Å². The second-order valence-electron chi connectivity index (χ2n) is 38.8. The summed E-state index contributed by atoms with van der Waals surface area (Å²) >= 11 is 1.36. The number of likely N-dealkylation sites (tertiary alicyclic amines) is 1. The fraction of sp³-hybridized carbons (Fsp3) is 0.626. The fourth-order valence-corrected chi connectivity index (χ4v) is 19.6. The van der Waals surface area contributed by atoms with Gasteiger partial charge in [0.05, 0.1) is 144 Å². The highest BCUT2D eigenvalue weighted by atomic mass is 32.2. The molecule has 0 aromatic heterocycles. The van der Waals surface area contributed by atoms with Crippen molar-refractivity contribution in [1.29, 1.82) is 0 Å². The van der Waals surface area contributed by atoms with E-state index >= 15 is 0 Å². The van der Waals surface area contributed by atoms with Crippen LogP contribution < -0.4 is 40.4 Å². The van der Waals surface area contributed by atoms with E-state index in [-0.39, 0.29) is 230 Å². The number of anilines is 1. The zero-order valence-electron chi connectivity index (χ0n) is 87.0. The molecular weight excluding hydrogens is 1850 g/mol. The summed E-state index contributed by atoms with van der Waals surface area (Å²) in [5.41, 5.74) is 5.39. The number of aryl methyl sites for hydroxylation is 1. The van der Waals surface area contributed by atoms with Crippen molar-refractivity contribution in [2.75, 3.05) is 152 Å². The number of carbonyl (C=O) groups is 15. The summed E-state index contributed by atoms with van der Waals surface area (Å²) in [4.78, 5) is 222. The van der Waals surface area contributed by atoms with Crippen molar-refractivity contribution in [3.8, 4) is 17.2 Å². The average Bonchev–Trinajstić information content (AvgIpc) is 1.61. The summed E-state index contributed by atoms with van der Waals surface area (Å²) in [5.74, 6) is -6.15. The molecule has 0 saturated carbocycles. The largest absolute Gasteiger partial charge is 0.493 e. The summed E-state index contributed by atoms with van der Waals surface area (Å²) < 4.78 is 47.1. The Kier molecular flexibility index (Phi) is 48.5. The number of thioether (sulfide) groups is 1. The van der Waals surface area contributed by atoms with Crippen molar-refractivity contribution in [3.63, 3.8) is 0 Å². The van der Waals surface area contributed by atoms with E-state index in [0.29, 0.717) is 138 Å². The van der Waals surface area contributed by atoms with Gasteiger partial charge in [-0.25, -0.2) is 0 Å². The number of amides is 11. The Hall–Kier alpha value is -11.2. The van der Waals surface area contributed by atoms with Crippen LogP contribution in [0.25, 0.3) is 0 Å². The number of methoxy groups -OCH3 is 4. The van der Waals surface area contributed by atoms with Crippen LogP contribution in [0.4, 0.5) is 11.4 Å². The number of hydrogen-bond acceptors (Lipinski definition) is 25. The van der Waals surface area contributed by atoms with Gasteiger partial charge in [-0.1, -0.05) is 110 Å². The molecule has 0 spiro atoms. The fourth-order valence-electron chi connectivity index (χ4n) is 19.4. The smallest absolute Gasteiger partial charge is 0.309 e. The second-order valence-corrected chi connectivity index (χ2v) is 39.5. The monoisotopic (exact) mass is 2010 g/mol. The first-order chi connectivity index (χ1) is 68.4. The molecule has 3 fully saturated rings. The summed E-state index contributed by atoms with van der Waals surface area (Å²) in [5, 5.41) is 12.6. The van der Waals surface area contributed by atoms with E-state index in [4.69, 9.17) is 37.9 Å². The molecule has 0 aliphatic carbocycles. The van der Waals surface area contributed by atoms with Gasteiger partial charge in [-0.2, -0.15) is 0 Å². The maximum atomic E-state index is 15.0. The summed E-state index contributed by atoms with van der Waals surface area (Å²) in [6, 6.07) is 13.2. The van der Waals surface area contributed by atoms with Crippen LogP contribution in [0.2, 0.25) is 0 Å². The van der Waals surface area contributed by atoms with Crippen molar-refractivity contribution in [2.24, 2.45) is 40.5 Å². The van der Waals surface area contributed by atoms with E-state index < -0.39 is 77.8 Å². The van der Waals surface area contributed by atoms with E-state index in [1.54, 1.807) is 70.0 Å². The molecule has 5 aliphatic heterocycles. The number of Topliss-reactive ketones (excluding diaryl/α,β-unsaturated/α-hetero) is 3. The predicted molar refractivity (Wildman–Crippen MR) is 546 cm³/mol. The number of esters is 1. The first-order valence-electron chi connectivity index (χ1n) is 50.6. The lowest BCUT2D eigenvalue weighted by atomic mass is 9.83. The highest BCUT2D eigenvalue weighted by molar-refractivity contribution is 8.01. The first-order valence-corrected chi connectivity index (χ1v) is 51.9. The van der Waals surface area contributed by atoms with E-state index in [9.17, 15) is 71.9 Å². The van der Waals surface area contributed by atoms with E-state index in [1.165, 1.54) is 56.1 Å². The zero-order chi connectivity index (χ0) is 105. The van der Waals surface area contributed by atoms with E-state index in [1.807, 2.05) is 103 Å². The normalized spacial score (nSPS) is 17.4. The van der Waals surface area contributed by atoms with Crippen molar-refractivity contribution >= 4 is 118 Å². The lowest BCUT2D eigenvalue weighted by Crippen LogP contribution is -2.54. The Morgan fingerprint density at radius 1 is 0.615 bits per heavy atom. The number of nitrogens with zero attached hydrogens (tertiary/aromatic N) is 8. The lowest BCUT2D eigenvalue weighted by Gasteiger charge is -2.41. The molecule has 12 atom stereocenters. The average molecular weight is 2010 g/mol. The van der Waals surface area contributed by atoms with Crippen molar-refractivity contribution in [1.82, 2.24) is 50.7 Å². The molecule has 36 heteroatoms. The van der Waals surface area contributed by atoms with Crippen LogP contribution in [0.5, 0.6) is 17.2 Å². The molecule has 0 bridgehead atoms. The maximum Gasteiger partial charge on any atom is 0.309 e. The molecule has 5 heterocycles. The Bertz CT molecular complexity index is 4930. The third kappa shape index (κ3) is 34.8. The number of nitrogens with one attached hydrogen (secondary N) is 4. The third-order valence-corrected chi connectivity index (χ3v) is 28.1. The Morgan fingerprint density at radius 3 is 1.90 bits per heavy atom. The number of fused-ring (bicyclic) bond motifs is 4. The second kappa shape index (κ2) is 59.3. The number of ketones is 3. The quantitative estimate of drug-likeness (QED) is 0.0176. The molecule has 788 valence electrons. The molecule has 3 aromatic carbocycles. The minimum absolute atomic E-state index is 0.00993. The number of rotatable bonds is 63. The van der Waals surface area contributed by atoms with E-state index in [0.717, 1.165) is 28.7 Å². The molecule has 5 aliphatic rings. The molecular formula is C107H156N12O23S. The van der Waals surface area contributed by atoms with Crippen LogP contribution in [-0.2, 0) is 92.4 Å². The number of ether oxygens (including phenoxy) is 8. The van der Waals surface area contributed by atoms with Crippen LogP contribution in [0, 0.1) is 42.4 Å². The van der Waals surface area contributed by atoms with Crippen LogP contribution in [0.3, 0.4) is 0 Å². The first kappa shape index (κ1) is 117. The number of aliphatic imine (C=N–C) groups is 1. The molecule has 0 radical (unpaired) electrons. The number of unbranched alkanes of at least 4 members (excludes halogenated alkanes) is 3. The van der Waals surface area contributed by atoms with Gasteiger partial charge in [-0.15, -0.1) is 11.8 Å². The van der Waals surface area contributed by atoms with Crippen molar-refractivity contribution in [2.45, 2.75) is 252 Å². The summed E-state index contributed by atoms with van der Waals surface area (Å²) in [6.07, 6.45) is 9.52. The molecule has 143 heavy (non-hydrogen) atoms. The summed E-state index contributed by atoms with van der Waals surface area (Å²) in [6.45, 7) is 27.5. The van der Waals surface area contributed by atoms with Gasteiger partial charge in [0.1, 0.15) is 11.5 Å². The molecule has 35 nitrogen and oxygen atoms in total. The third-order valence-electron chi connectivity index (χ3n) is 27.6. The van der Waals surface area contributed by atoms with Gasteiger partial charge in [0, 0.05) is 175 Å². The Balaban J connectivity index is 0.720. The molecule has 3 saturated heterocycles. The number of likely N-dealkylation sites (N-methyl/N-ethyl adjacent to an activating group) is 2. The van der Waals surface area contributed by atoms with Gasteiger partial charge in [-0.3, -0.25) is 76.9 Å². The van der Waals surface area contributed by atoms with Gasteiger partial charge in [0.25, 0.3) is 11.8 Å². The molecule has 11 amide bonds. The van der Waals surface area contributed by atoms with Crippen LogP contribution >= 0.6 is 11.8 Å². The van der Waals surface area contributed by atoms with Gasteiger partial charge < -0.3 is 93.5 Å². The number of benzene rings is 3. The number of hydrogen-bond donors (Lipinski definition) is 4. The standard InChI is InChI=1S/C107H156N12O23S/c1-19-72(8)102(92(136-15)63-100(130)116-44-29-32-84(116)103(137-16)74(10)87(121)58-77(107(134)138-17)57-76-30-22-20-23-31-76)114(13)104(131)80(68(2)3)59-88(122)101(69(4)5)113(12)97(127)34-25-24-33-86(120)75(11)112-96(126)38-49-139-51-42-109-93(123)36-45-115(98(128)35-28-41-108-95(125)40-53-143-18)46-37-94(124)110-43-52-140-50-39-99(129)119-67-79-55-71(7)66-118(79)106(133)82-60-90(135-14)91(62-85(82)119)142-48-27-21-26-47-141-89-61-83-81(56-73(89)9)105(132)117-65-70(6)54-78(117)64-111-83/h20,22-23,30-31,40,53,56,60-62,64,68-69,72,74-75,77-80,84,92,101-103H,6-7,19,21,24-29,32-39,41-52,54-55,57-59,63,65-67H2,1-5,8-18H3,(H,108,125)(H,109,123)(H,110,124)(H,112,126)/b53-40+/t72-,74-,75?,77+,78-,79-,80-,84-,92+,101-,102-,103+/m0/s1. The topological polar surface area (TPSA) is 413 Å². The van der Waals surface area contributed by atoms with Crippen LogP contribution in [0.1, 0.15) is 222 Å². The number of carbonyl (C=O) groups excluding carboxylic acids is 15. The van der Waals surface area contributed by atoms with Crippen LogP contribution in [0.15, 0.2) is 95.4 Å². The molecule has 1 unspecified atom stereocenters. The van der Waals surface area contributed by atoms with Crippen molar-refractivity contribution in [3.05, 3.63) is 113 Å². The highest BCUT2D eigenvalue weighted by Crippen LogP contribution is 2.42. The predicted octanol–water partition coefficient (Wildman–Crippen LogP) is 10.9. The zero-order valence-corrected chi connectivity index (χ0v) is 87.8. The minimum atomic E-state index is -0.871. The van der Waals surface area contributed by atoms with Gasteiger partial charge >= 0.3 is 5.97 Å². The maximum absolute atomic E-state index is 15.0. The Labute approximate surface area is 848 Å². The van der Waals surface area contributed by atoms with Gasteiger partial charge in [0.2, 0.25) is 53.2 Å². The molecule has 4 N–H and O–H groups in total. The van der Waals surface area contributed by atoms with Gasteiger partial charge in [-0.05, 0) is 137 Å².